The SMILES string of the molecule is Cc1nc(Nc2ccccc2C(F)(F)F)cc(C(=O)Nc2cccc(C#N)c2)n1. The van der Waals surface area contributed by atoms with Crippen LogP contribution in [0.2, 0.25) is 0 Å². The van der Waals surface area contributed by atoms with E-state index in [1.54, 1.807) is 18.2 Å². The third-order valence-electron chi connectivity index (χ3n) is 3.82. The highest BCUT2D eigenvalue weighted by Crippen LogP contribution is 2.35. The number of para-hydroxylation sites is 1. The Morgan fingerprint density at radius 3 is 2.55 bits per heavy atom. The molecular formula is C20H14F3N5O. The maximum atomic E-state index is 13.2. The molecule has 146 valence electrons. The first-order valence-corrected chi connectivity index (χ1v) is 8.37. The summed E-state index contributed by atoms with van der Waals surface area (Å²) in [5, 5.41) is 14.1. The minimum absolute atomic E-state index is 0.0353. The number of halogens is 3. The van der Waals surface area contributed by atoms with Crippen LogP contribution in [-0.4, -0.2) is 15.9 Å². The molecule has 0 aliphatic rings. The van der Waals surface area contributed by atoms with E-state index in [1.807, 2.05) is 6.07 Å². The van der Waals surface area contributed by atoms with Crippen molar-refractivity contribution < 1.29 is 18.0 Å². The highest BCUT2D eigenvalue weighted by Gasteiger charge is 2.33. The predicted octanol–water partition coefficient (Wildman–Crippen LogP) is 4.67. The number of carbonyl (C=O) groups is 1. The number of alkyl halides is 3. The minimum atomic E-state index is -4.54. The summed E-state index contributed by atoms with van der Waals surface area (Å²) in [6.07, 6.45) is -4.54. The standard InChI is InChI=1S/C20H14F3N5O/c1-12-25-17(19(29)27-14-6-4-5-13(9-14)11-24)10-18(26-12)28-16-8-3-2-7-15(16)20(21,22)23/h2-10H,1H3,(H,27,29)(H,25,26,28). The average Bonchev–Trinajstić information content (AvgIpc) is 2.67. The normalized spacial score (nSPS) is 10.9. The van der Waals surface area contributed by atoms with Crippen molar-refractivity contribution >= 4 is 23.1 Å². The molecule has 0 bridgehead atoms. The first-order valence-electron chi connectivity index (χ1n) is 8.37. The molecular weight excluding hydrogens is 383 g/mol. The summed E-state index contributed by atoms with van der Waals surface area (Å²) in [4.78, 5) is 20.6. The molecule has 3 aromatic rings. The Balaban J connectivity index is 1.87. The lowest BCUT2D eigenvalue weighted by molar-refractivity contribution is -0.136. The number of benzene rings is 2. The van der Waals surface area contributed by atoms with E-state index in [0.29, 0.717) is 11.3 Å². The Kier molecular flexibility index (Phi) is 5.45. The van der Waals surface area contributed by atoms with Crippen LogP contribution < -0.4 is 10.6 Å². The monoisotopic (exact) mass is 397 g/mol. The highest BCUT2D eigenvalue weighted by atomic mass is 19.4. The molecule has 2 aromatic carbocycles. The van der Waals surface area contributed by atoms with Gasteiger partial charge in [-0.1, -0.05) is 18.2 Å². The second-order valence-corrected chi connectivity index (χ2v) is 6.00. The molecule has 29 heavy (non-hydrogen) atoms. The fourth-order valence-electron chi connectivity index (χ4n) is 2.59. The van der Waals surface area contributed by atoms with Crippen molar-refractivity contribution in [1.29, 1.82) is 5.26 Å². The Hall–Kier alpha value is -3.93. The Morgan fingerprint density at radius 2 is 1.83 bits per heavy atom. The Labute approximate surface area is 164 Å². The molecule has 0 aliphatic carbocycles. The lowest BCUT2D eigenvalue weighted by Gasteiger charge is -2.14. The van der Waals surface area contributed by atoms with Crippen molar-refractivity contribution in [2.24, 2.45) is 0 Å². The zero-order valence-electron chi connectivity index (χ0n) is 15.1. The summed E-state index contributed by atoms with van der Waals surface area (Å²) in [7, 11) is 0. The molecule has 0 radical (unpaired) electrons. The van der Waals surface area contributed by atoms with Gasteiger partial charge in [0.05, 0.1) is 22.9 Å². The van der Waals surface area contributed by atoms with Gasteiger partial charge in [0.2, 0.25) is 0 Å². The summed E-state index contributed by atoms with van der Waals surface area (Å²) < 4.78 is 39.5. The fourth-order valence-corrected chi connectivity index (χ4v) is 2.59. The molecule has 9 heteroatoms. The van der Waals surface area contributed by atoms with Gasteiger partial charge in [-0.2, -0.15) is 18.4 Å². The lowest BCUT2D eigenvalue weighted by Crippen LogP contribution is -2.16. The van der Waals surface area contributed by atoms with Crippen LogP contribution in [0.1, 0.15) is 27.4 Å². The van der Waals surface area contributed by atoms with Gasteiger partial charge in [-0.3, -0.25) is 4.79 Å². The number of aryl methyl sites for hydroxylation is 1. The third kappa shape index (κ3) is 4.87. The molecule has 0 unspecified atom stereocenters. The molecule has 0 aliphatic heterocycles. The van der Waals surface area contributed by atoms with E-state index in [0.717, 1.165) is 6.07 Å². The van der Waals surface area contributed by atoms with E-state index in [9.17, 15) is 18.0 Å². The molecule has 0 spiro atoms. The molecule has 0 atom stereocenters. The summed E-state index contributed by atoms with van der Waals surface area (Å²) in [6.45, 7) is 1.52. The Bertz CT molecular complexity index is 1110. The van der Waals surface area contributed by atoms with Crippen LogP contribution >= 0.6 is 0 Å². The van der Waals surface area contributed by atoms with Crippen molar-refractivity contribution in [2.75, 3.05) is 10.6 Å². The largest absolute Gasteiger partial charge is 0.418 e. The van der Waals surface area contributed by atoms with Crippen LogP contribution in [-0.2, 0) is 6.18 Å². The van der Waals surface area contributed by atoms with Crippen molar-refractivity contribution in [1.82, 2.24) is 9.97 Å². The lowest BCUT2D eigenvalue weighted by atomic mass is 10.1. The summed E-state index contributed by atoms with van der Waals surface area (Å²) in [5.74, 6) is -0.335. The number of anilines is 3. The van der Waals surface area contributed by atoms with E-state index in [2.05, 4.69) is 20.6 Å². The molecule has 2 N–H and O–H groups in total. The van der Waals surface area contributed by atoms with Gasteiger partial charge in [-0.25, -0.2) is 9.97 Å². The number of carbonyl (C=O) groups excluding carboxylic acids is 1. The van der Waals surface area contributed by atoms with Crippen LogP contribution in [0.4, 0.5) is 30.4 Å². The number of nitrogens with zero attached hydrogens (tertiary/aromatic N) is 3. The summed E-state index contributed by atoms with van der Waals surface area (Å²) in [6, 6.07) is 14.5. The molecule has 1 heterocycles. The van der Waals surface area contributed by atoms with Crippen LogP contribution in [0, 0.1) is 18.3 Å². The van der Waals surface area contributed by atoms with E-state index in [1.165, 1.54) is 37.3 Å². The van der Waals surface area contributed by atoms with E-state index < -0.39 is 17.6 Å². The number of hydrogen-bond donors (Lipinski definition) is 2. The number of nitriles is 1. The molecule has 3 rings (SSSR count). The maximum Gasteiger partial charge on any atom is 0.418 e. The highest BCUT2D eigenvalue weighted by molar-refractivity contribution is 6.03. The molecule has 1 amide bonds. The van der Waals surface area contributed by atoms with E-state index in [-0.39, 0.29) is 23.0 Å². The first-order chi connectivity index (χ1) is 13.8. The summed E-state index contributed by atoms with van der Waals surface area (Å²) in [5.41, 5.74) is -0.316. The van der Waals surface area contributed by atoms with Crippen molar-refractivity contribution in [3.05, 3.63) is 77.2 Å². The number of rotatable bonds is 4. The van der Waals surface area contributed by atoms with Gasteiger partial charge >= 0.3 is 6.18 Å². The molecule has 6 nitrogen and oxygen atoms in total. The van der Waals surface area contributed by atoms with Crippen LogP contribution in [0.15, 0.2) is 54.6 Å². The van der Waals surface area contributed by atoms with E-state index in [4.69, 9.17) is 5.26 Å². The maximum absolute atomic E-state index is 13.2. The van der Waals surface area contributed by atoms with Crippen LogP contribution in [0.5, 0.6) is 0 Å². The number of nitrogens with one attached hydrogen (secondary N) is 2. The van der Waals surface area contributed by atoms with Crippen molar-refractivity contribution in [3.63, 3.8) is 0 Å². The van der Waals surface area contributed by atoms with Gasteiger partial charge in [-0.15, -0.1) is 0 Å². The average molecular weight is 397 g/mol. The number of hydrogen-bond acceptors (Lipinski definition) is 5. The number of amides is 1. The Morgan fingerprint density at radius 1 is 1.07 bits per heavy atom. The number of aromatic nitrogens is 2. The minimum Gasteiger partial charge on any atom is -0.340 e. The van der Waals surface area contributed by atoms with Crippen molar-refractivity contribution in [3.8, 4) is 6.07 Å². The fraction of sp³-hybridized carbons (Fsp3) is 0.100. The molecule has 1 aromatic heterocycles. The topological polar surface area (TPSA) is 90.7 Å². The van der Waals surface area contributed by atoms with Crippen molar-refractivity contribution in [2.45, 2.75) is 13.1 Å². The van der Waals surface area contributed by atoms with Gasteiger partial charge in [0, 0.05) is 11.8 Å². The van der Waals surface area contributed by atoms with E-state index >= 15 is 0 Å². The summed E-state index contributed by atoms with van der Waals surface area (Å²) >= 11 is 0. The zero-order valence-corrected chi connectivity index (χ0v) is 15.1. The van der Waals surface area contributed by atoms with Gasteiger partial charge < -0.3 is 10.6 Å². The molecule has 0 fully saturated rings. The molecule has 0 saturated heterocycles. The van der Waals surface area contributed by atoms with Gasteiger partial charge in [-0.05, 0) is 37.3 Å². The predicted molar refractivity (Wildman–Crippen MR) is 101 cm³/mol. The van der Waals surface area contributed by atoms with Gasteiger partial charge in [0.25, 0.3) is 5.91 Å². The smallest absolute Gasteiger partial charge is 0.340 e. The second kappa shape index (κ2) is 7.98. The van der Waals surface area contributed by atoms with Gasteiger partial charge in [0.1, 0.15) is 17.3 Å². The third-order valence-corrected chi connectivity index (χ3v) is 3.82. The second-order valence-electron chi connectivity index (χ2n) is 6.00. The van der Waals surface area contributed by atoms with Crippen LogP contribution in [0.3, 0.4) is 0 Å². The quantitative estimate of drug-likeness (QED) is 0.668. The van der Waals surface area contributed by atoms with Crippen LogP contribution in [0.25, 0.3) is 0 Å². The van der Waals surface area contributed by atoms with Gasteiger partial charge in [0.15, 0.2) is 0 Å². The first kappa shape index (κ1) is 19.8. The zero-order chi connectivity index (χ0) is 21.0. The molecule has 0 saturated carbocycles.